The highest BCUT2D eigenvalue weighted by Crippen LogP contribution is 2.34. The molecule has 18 nitrogen and oxygen atoms in total. The molecule has 6 amide bonds. The number of aromatic nitrogens is 2. The fraction of sp³-hybridized carbons (Fsp3) is 0.604. The van der Waals surface area contributed by atoms with Crippen LogP contribution in [0.1, 0.15) is 109 Å². The number of nitrogens with one attached hydrogen (secondary N) is 4. The number of hydrogen-bond acceptors (Lipinski definition) is 12. The molecule has 2 aliphatic rings. The molecule has 1 aromatic carbocycles. The van der Waals surface area contributed by atoms with E-state index in [4.69, 9.17) is 4.74 Å². The lowest BCUT2D eigenvalue weighted by Gasteiger charge is -2.34. The summed E-state index contributed by atoms with van der Waals surface area (Å²) < 4.78 is 5.05. The zero-order chi connectivity index (χ0) is 48.6. The Kier molecular flexibility index (Phi) is 20.1. The summed E-state index contributed by atoms with van der Waals surface area (Å²) in [4.78, 5) is 133. The van der Waals surface area contributed by atoms with Crippen LogP contribution < -0.4 is 21.3 Å². The minimum Gasteiger partial charge on any atom is -0.382 e. The number of carbonyl (C=O) groups is 9. The van der Waals surface area contributed by atoms with Gasteiger partial charge in [0.2, 0.25) is 23.5 Å². The second-order valence-corrected chi connectivity index (χ2v) is 18.7. The summed E-state index contributed by atoms with van der Waals surface area (Å²) >= 11 is 0. The molecule has 0 unspecified atom stereocenters. The van der Waals surface area contributed by atoms with Crippen molar-refractivity contribution in [2.45, 2.75) is 116 Å². The van der Waals surface area contributed by atoms with Crippen LogP contribution in [0, 0.1) is 29.1 Å². The van der Waals surface area contributed by atoms with Gasteiger partial charge in [0.15, 0.2) is 11.6 Å². The number of carbonyl (C=O) groups excluding carboxylic acids is 9. The van der Waals surface area contributed by atoms with Gasteiger partial charge < -0.3 is 35.8 Å². The van der Waals surface area contributed by atoms with Crippen molar-refractivity contribution < 1.29 is 47.9 Å². The zero-order valence-electron chi connectivity index (χ0n) is 39.4. The number of benzene rings is 1. The second-order valence-electron chi connectivity index (χ2n) is 18.7. The van der Waals surface area contributed by atoms with E-state index in [2.05, 4.69) is 31.2 Å². The smallest absolute Gasteiger partial charge is 0.321 e. The maximum atomic E-state index is 14.5. The average Bonchev–Trinajstić information content (AvgIpc) is 3.72. The zero-order valence-corrected chi connectivity index (χ0v) is 39.4. The normalized spacial score (nSPS) is 18.2. The highest BCUT2D eigenvalue weighted by atomic mass is 16.5. The minimum atomic E-state index is -1.02. The van der Waals surface area contributed by atoms with E-state index in [1.807, 2.05) is 27.7 Å². The molecule has 360 valence electrons. The lowest BCUT2D eigenvalue weighted by molar-refractivity contribution is -0.141. The fourth-order valence-corrected chi connectivity index (χ4v) is 8.70. The molecule has 18 heteroatoms. The number of hydrogen-bond donors (Lipinski definition) is 4. The Morgan fingerprint density at radius 2 is 1.59 bits per heavy atom. The molecule has 2 aromatic rings. The van der Waals surface area contributed by atoms with Gasteiger partial charge in [-0.1, -0.05) is 71.6 Å². The number of ketones is 4. The van der Waals surface area contributed by atoms with E-state index < -0.39 is 94.7 Å². The number of para-hydroxylation sites is 1. The van der Waals surface area contributed by atoms with Gasteiger partial charge in [0.25, 0.3) is 5.91 Å². The molecule has 0 spiro atoms. The SMILES string of the molecule is CCC[C@H](CC(=O)[C@@H]1CN(C(=O)Nc2ccccc2)C[C@@H]1NC(=O)[C@@H](CC(=O)[C@@H](NC(=O)c1cnccn1)C1CCCCC1)C(C)(C)C)C(=O)C(=O)CCC(=O)N[C@@H](COC)C(=O)N(C)C. The van der Waals surface area contributed by atoms with Gasteiger partial charge in [0, 0.05) is 89.9 Å². The van der Waals surface area contributed by atoms with Gasteiger partial charge in [-0.3, -0.25) is 43.3 Å². The lowest BCUT2D eigenvalue weighted by Crippen LogP contribution is -2.51. The van der Waals surface area contributed by atoms with Crippen LogP contribution in [0.3, 0.4) is 0 Å². The summed E-state index contributed by atoms with van der Waals surface area (Å²) in [6.07, 6.45) is 7.72. The Bertz CT molecular complexity index is 2020. The number of likely N-dealkylation sites (tertiary alicyclic amines) is 1. The van der Waals surface area contributed by atoms with Gasteiger partial charge in [-0.05, 0) is 42.7 Å². The topological polar surface area (TPSA) is 243 Å². The summed E-state index contributed by atoms with van der Waals surface area (Å²) in [5.74, 6) is -7.53. The first-order valence-corrected chi connectivity index (χ1v) is 22.9. The predicted molar refractivity (Wildman–Crippen MR) is 245 cm³/mol. The number of nitrogens with zero attached hydrogens (tertiary/aromatic N) is 4. The molecule has 1 saturated heterocycles. The Morgan fingerprint density at radius 3 is 2.20 bits per heavy atom. The average molecular weight is 917 g/mol. The largest absolute Gasteiger partial charge is 0.382 e. The molecule has 4 N–H and O–H groups in total. The van der Waals surface area contributed by atoms with Gasteiger partial charge in [-0.25, -0.2) is 9.78 Å². The summed E-state index contributed by atoms with van der Waals surface area (Å²) in [6.45, 7) is 7.04. The van der Waals surface area contributed by atoms with Crippen LogP contribution >= 0.6 is 0 Å². The summed E-state index contributed by atoms with van der Waals surface area (Å²) in [5.41, 5.74) is -0.186. The first-order chi connectivity index (χ1) is 31.3. The van der Waals surface area contributed by atoms with Crippen LogP contribution in [0.25, 0.3) is 0 Å². The van der Waals surface area contributed by atoms with Crippen molar-refractivity contribution in [3.63, 3.8) is 0 Å². The van der Waals surface area contributed by atoms with Crippen LogP contribution in [-0.2, 0) is 38.3 Å². The number of methoxy groups -OCH3 is 1. The van der Waals surface area contributed by atoms with Crippen molar-refractivity contribution >= 4 is 58.5 Å². The molecular weight excluding hydrogens is 849 g/mol. The molecule has 2 heterocycles. The molecule has 66 heavy (non-hydrogen) atoms. The van der Waals surface area contributed by atoms with Crippen LogP contribution in [0.15, 0.2) is 48.9 Å². The highest BCUT2D eigenvalue weighted by Gasteiger charge is 2.45. The lowest BCUT2D eigenvalue weighted by atomic mass is 9.74. The van der Waals surface area contributed by atoms with Gasteiger partial charge in [-0.2, -0.15) is 0 Å². The quantitative estimate of drug-likeness (QED) is 0.116. The molecule has 1 saturated carbocycles. The molecule has 2 fully saturated rings. The number of urea groups is 1. The maximum Gasteiger partial charge on any atom is 0.321 e. The Morgan fingerprint density at radius 1 is 0.894 bits per heavy atom. The van der Waals surface area contributed by atoms with Crippen molar-refractivity contribution in [3.05, 3.63) is 54.6 Å². The summed E-state index contributed by atoms with van der Waals surface area (Å²) in [7, 11) is 4.44. The first-order valence-electron chi connectivity index (χ1n) is 22.9. The number of amides is 6. The number of Topliss-reactive ketones (excluding diaryl/α,β-unsaturated/α-hetero) is 4. The van der Waals surface area contributed by atoms with E-state index in [9.17, 15) is 43.2 Å². The molecule has 1 aromatic heterocycles. The third-order valence-electron chi connectivity index (χ3n) is 12.4. The van der Waals surface area contributed by atoms with Crippen LogP contribution in [0.2, 0.25) is 0 Å². The molecule has 4 rings (SSSR count). The van der Waals surface area contributed by atoms with Crippen molar-refractivity contribution in [2.75, 3.05) is 46.2 Å². The minimum absolute atomic E-state index is 0.0642. The monoisotopic (exact) mass is 917 g/mol. The van der Waals surface area contributed by atoms with E-state index >= 15 is 0 Å². The van der Waals surface area contributed by atoms with Crippen LogP contribution in [0.4, 0.5) is 10.5 Å². The van der Waals surface area contributed by atoms with Crippen molar-refractivity contribution in [1.29, 1.82) is 0 Å². The van der Waals surface area contributed by atoms with E-state index in [1.165, 1.54) is 49.6 Å². The molecule has 0 radical (unpaired) electrons. The maximum absolute atomic E-state index is 14.5. The fourth-order valence-electron chi connectivity index (χ4n) is 8.70. The van der Waals surface area contributed by atoms with E-state index in [0.717, 1.165) is 32.1 Å². The van der Waals surface area contributed by atoms with Crippen molar-refractivity contribution in [2.24, 2.45) is 29.1 Å². The number of ether oxygens (including phenoxy) is 1. The second kappa shape index (κ2) is 25.1. The van der Waals surface area contributed by atoms with Gasteiger partial charge >= 0.3 is 6.03 Å². The first kappa shape index (κ1) is 52.7. The molecule has 1 aliphatic heterocycles. The number of rotatable bonds is 23. The van der Waals surface area contributed by atoms with Gasteiger partial charge in [-0.15, -0.1) is 0 Å². The molecule has 6 atom stereocenters. The Balaban J connectivity index is 1.53. The van der Waals surface area contributed by atoms with E-state index in [1.54, 1.807) is 30.3 Å². The van der Waals surface area contributed by atoms with Crippen LogP contribution in [0.5, 0.6) is 0 Å². The van der Waals surface area contributed by atoms with Gasteiger partial charge in [0.05, 0.1) is 30.8 Å². The van der Waals surface area contributed by atoms with E-state index in [-0.39, 0.29) is 62.8 Å². The standard InChI is InChI=1S/C48H68N8O10/c1-8-15-31(43(61)38(57)20-21-41(60)52-37(29-66-7)46(64)55(5)6)24-39(58)33-27-56(47(65)51-32-18-13-10-14-19-32)28-36(33)53-44(62)34(48(2,3)4)25-40(59)42(30-16-11-9-12-17-30)54-45(63)35-26-49-22-23-50-35/h10,13-14,18-19,22-23,26,30-31,33-34,36-37,42H,8-9,11-12,15-17,20-21,24-25,27-29H2,1-7H3,(H,51,65)(H,52,60)(H,53,62)(H,54,63)/t31-,33-,34-,36+,37+,42+/m1/s1. The molecule has 0 bridgehead atoms. The van der Waals surface area contributed by atoms with Crippen LogP contribution in [-0.4, -0.2) is 132 Å². The molecule has 1 aliphatic carbocycles. The van der Waals surface area contributed by atoms with Gasteiger partial charge in [0.1, 0.15) is 17.5 Å². The van der Waals surface area contributed by atoms with E-state index in [0.29, 0.717) is 12.1 Å². The third kappa shape index (κ3) is 15.3. The number of likely N-dealkylation sites (N-methyl/N-ethyl adjacent to an activating group) is 1. The summed E-state index contributed by atoms with van der Waals surface area (Å²) in [5, 5.41) is 11.3. The molecular formula is C48H68N8O10. The highest BCUT2D eigenvalue weighted by molar-refractivity contribution is 6.38. The van der Waals surface area contributed by atoms with Crippen molar-refractivity contribution in [1.82, 2.24) is 35.7 Å². The van der Waals surface area contributed by atoms with Crippen molar-refractivity contribution in [3.8, 4) is 0 Å². The number of anilines is 1. The Labute approximate surface area is 387 Å². The Hall–Kier alpha value is -5.91. The predicted octanol–water partition coefficient (Wildman–Crippen LogP) is 3.94. The third-order valence-corrected chi connectivity index (χ3v) is 12.4. The summed E-state index contributed by atoms with van der Waals surface area (Å²) in [6, 6.07) is 5.44.